The van der Waals surface area contributed by atoms with Crippen molar-refractivity contribution in [2.45, 2.75) is 38.3 Å². The van der Waals surface area contributed by atoms with Gasteiger partial charge in [0.05, 0.1) is 30.6 Å². The van der Waals surface area contributed by atoms with Gasteiger partial charge >= 0.3 is 6.61 Å². The number of aromatic nitrogens is 3. The van der Waals surface area contributed by atoms with Gasteiger partial charge in [-0.05, 0) is 12.5 Å². The van der Waals surface area contributed by atoms with E-state index in [-0.39, 0.29) is 17.9 Å². The Morgan fingerprint density at radius 3 is 3.08 bits per heavy atom. The third-order valence-corrected chi connectivity index (χ3v) is 4.60. The van der Waals surface area contributed by atoms with Crippen molar-refractivity contribution in [1.82, 2.24) is 19.9 Å². The van der Waals surface area contributed by atoms with Crippen LogP contribution >= 0.6 is 0 Å². The molecule has 2 aromatic rings. The Kier molecular flexibility index (Phi) is 4.15. The summed E-state index contributed by atoms with van der Waals surface area (Å²) in [4.78, 5) is 2.22. The molecule has 0 spiro atoms. The Morgan fingerprint density at radius 1 is 1.33 bits per heavy atom. The van der Waals surface area contributed by atoms with E-state index in [2.05, 4.69) is 19.9 Å². The number of fused-ring (bicyclic) bond motifs is 3. The van der Waals surface area contributed by atoms with Crippen molar-refractivity contribution in [1.29, 1.82) is 0 Å². The van der Waals surface area contributed by atoms with E-state index in [1.807, 2.05) is 16.8 Å². The maximum absolute atomic E-state index is 12.6. The molecule has 1 aromatic heterocycles. The Bertz CT molecular complexity index is 709. The first-order valence-corrected chi connectivity index (χ1v) is 7.96. The second-order valence-corrected chi connectivity index (χ2v) is 6.10. The summed E-state index contributed by atoms with van der Waals surface area (Å²) in [5.41, 5.74) is 1.73. The van der Waals surface area contributed by atoms with E-state index in [1.165, 1.54) is 0 Å². The van der Waals surface area contributed by atoms with Gasteiger partial charge in [-0.1, -0.05) is 23.4 Å². The number of para-hydroxylation sites is 1. The number of hydrogen-bond donors (Lipinski definition) is 0. The molecule has 24 heavy (non-hydrogen) atoms. The molecule has 1 saturated heterocycles. The lowest BCUT2D eigenvalue weighted by atomic mass is 9.99. The van der Waals surface area contributed by atoms with Crippen LogP contribution in [0.2, 0.25) is 0 Å². The van der Waals surface area contributed by atoms with E-state index in [0.29, 0.717) is 13.2 Å². The number of halogens is 2. The van der Waals surface area contributed by atoms with Crippen molar-refractivity contribution >= 4 is 0 Å². The molecule has 0 N–H and O–H groups in total. The van der Waals surface area contributed by atoms with Crippen LogP contribution in [0.3, 0.4) is 0 Å². The number of likely N-dealkylation sites (tertiary alicyclic amines) is 1. The fraction of sp³-hybridized carbons (Fsp3) is 0.500. The van der Waals surface area contributed by atoms with Gasteiger partial charge < -0.3 is 9.47 Å². The lowest BCUT2D eigenvalue weighted by Gasteiger charge is -2.41. The first-order chi connectivity index (χ1) is 11.7. The molecule has 128 valence electrons. The second kappa shape index (κ2) is 6.45. The zero-order chi connectivity index (χ0) is 16.5. The summed E-state index contributed by atoms with van der Waals surface area (Å²) >= 11 is 0. The van der Waals surface area contributed by atoms with Gasteiger partial charge in [0, 0.05) is 25.2 Å². The van der Waals surface area contributed by atoms with Crippen molar-refractivity contribution in [3.05, 3.63) is 41.7 Å². The van der Waals surface area contributed by atoms with Crippen LogP contribution in [-0.2, 0) is 17.9 Å². The first-order valence-electron chi connectivity index (χ1n) is 7.96. The van der Waals surface area contributed by atoms with Gasteiger partial charge in [0.15, 0.2) is 0 Å². The highest BCUT2D eigenvalue weighted by molar-refractivity contribution is 5.33. The van der Waals surface area contributed by atoms with Crippen LogP contribution in [0.25, 0.3) is 0 Å². The summed E-state index contributed by atoms with van der Waals surface area (Å²) in [7, 11) is 0. The van der Waals surface area contributed by atoms with Crippen LogP contribution in [0.5, 0.6) is 5.75 Å². The van der Waals surface area contributed by atoms with Gasteiger partial charge in [0.1, 0.15) is 5.75 Å². The number of nitrogens with zero attached hydrogens (tertiary/aromatic N) is 4. The highest BCUT2D eigenvalue weighted by atomic mass is 19.3. The molecule has 2 aliphatic heterocycles. The van der Waals surface area contributed by atoms with E-state index in [1.54, 1.807) is 18.3 Å². The predicted molar refractivity (Wildman–Crippen MR) is 80.6 cm³/mol. The molecule has 3 heterocycles. The Morgan fingerprint density at radius 2 is 2.21 bits per heavy atom. The number of benzene rings is 1. The summed E-state index contributed by atoms with van der Waals surface area (Å²) in [6.07, 6.45) is 2.73. The van der Waals surface area contributed by atoms with Crippen LogP contribution in [-0.4, -0.2) is 45.7 Å². The van der Waals surface area contributed by atoms with Crippen molar-refractivity contribution in [2.24, 2.45) is 0 Å². The Hall–Kier alpha value is -2.06. The fourth-order valence-corrected chi connectivity index (χ4v) is 3.47. The summed E-state index contributed by atoms with van der Waals surface area (Å²) in [6, 6.07) is 7.03. The van der Waals surface area contributed by atoms with Crippen molar-refractivity contribution in [3.8, 4) is 5.75 Å². The van der Waals surface area contributed by atoms with Gasteiger partial charge in [-0.15, -0.1) is 5.10 Å². The third kappa shape index (κ3) is 2.99. The normalized spacial score (nSPS) is 23.8. The van der Waals surface area contributed by atoms with Crippen LogP contribution < -0.4 is 4.74 Å². The average molecular weight is 336 g/mol. The molecule has 2 aliphatic rings. The SMILES string of the molecule is FC(F)Oc1ccccc1CN1CC[C@H]2OCc3cnnn3[C@@H]2C1. The topological polar surface area (TPSA) is 52.4 Å². The Labute approximate surface area is 138 Å². The van der Waals surface area contributed by atoms with Gasteiger partial charge in [-0.3, -0.25) is 4.90 Å². The lowest BCUT2D eigenvalue weighted by Crippen LogP contribution is -2.47. The van der Waals surface area contributed by atoms with Crippen molar-refractivity contribution in [3.63, 3.8) is 0 Å². The zero-order valence-electron chi connectivity index (χ0n) is 13.0. The molecule has 0 unspecified atom stereocenters. The van der Waals surface area contributed by atoms with E-state index in [4.69, 9.17) is 4.74 Å². The highest BCUT2D eigenvalue weighted by Gasteiger charge is 2.36. The number of ether oxygens (including phenoxy) is 2. The molecule has 1 aromatic carbocycles. The molecule has 6 nitrogen and oxygen atoms in total. The fourth-order valence-electron chi connectivity index (χ4n) is 3.47. The smallest absolute Gasteiger partial charge is 0.387 e. The minimum Gasteiger partial charge on any atom is -0.434 e. The molecule has 0 aliphatic carbocycles. The number of rotatable bonds is 4. The molecule has 0 radical (unpaired) electrons. The molecule has 2 atom stereocenters. The summed E-state index contributed by atoms with van der Waals surface area (Å²) in [5.74, 6) is 0.232. The van der Waals surface area contributed by atoms with E-state index in [0.717, 1.165) is 30.8 Å². The minimum absolute atomic E-state index is 0.105. The Balaban J connectivity index is 1.50. The quantitative estimate of drug-likeness (QED) is 0.857. The lowest BCUT2D eigenvalue weighted by molar-refractivity contribution is -0.0679. The highest BCUT2D eigenvalue weighted by Crippen LogP contribution is 2.31. The molecule has 0 amide bonds. The minimum atomic E-state index is -2.82. The van der Waals surface area contributed by atoms with E-state index < -0.39 is 6.61 Å². The van der Waals surface area contributed by atoms with Crippen LogP contribution in [0.4, 0.5) is 8.78 Å². The van der Waals surface area contributed by atoms with Crippen LogP contribution in [0.15, 0.2) is 30.5 Å². The third-order valence-electron chi connectivity index (χ3n) is 4.60. The van der Waals surface area contributed by atoms with E-state index >= 15 is 0 Å². The average Bonchev–Trinajstić information content (AvgIpc) is 3.05. The maximum Gasteiger partial charge on any atom is 0.387 e. The van der Waals surface area contributed by atoms with E-state index in [9.17, 15) is 8.78 Å². The molecule has 8 heteroatoms. The molecule has 1 fully saturated rings. The monoisotopic (exact) mass is 336 g/mol. The molecule has 0 bridgehead atoms. The summed E-state index contributed by atoms with van der Waals surface area (Å²) in [5, 5.41) is 8.14. The zero-order valence-corrected chi connectivity index (χ0v) is 13.0. The maximum atomic E-state index is 12.6. The van der Waals surface area contributed by atoms with Crippen LogP contribution in [0, 0.1) is 0 Å². The van der Waals surface area contributed by atoms with Crippen molar-refractivity contribution in [2.75, 3.05) is 13.1 Å². The number of hydrogen-bond acceptors (Lipinski definition) is 5. The summed E-state index contributed by atoms with van der Waals surface area (Å²) in [6.45, 7) is -0.144. The molecule has 0 saturated carbocycles. The number of piperidine rings is 1. The molecular weight excluding hydrogens is 318 g/mol. The largest absolute Gasteiger partial charge is 0.434 e. The molecule has 4 rings (SSSR count). The van der Waals surface area contributed by atoms with Gasteiger partial charge in [0.25, 0.3) is 0 Å². The second-order valence-electron chi connectivity index (χ2n) is 6.10. The van der Waals surface area contributed by atoms with Gasteiger partial charge in [-0.2, -0.15) is 8.78 Å². The van der Waals surface area contributed by atoms with Gasteiger partial charge in [-0.25, -0.2) is 4.68 Å². The first kappa shape index (κ1) is 15.5. The molecular formula is C16H18F2N4O2. The summed E-state index contributed by atoms with van der Waals surface area (Å²) < 4.78 is 37.6. The van der Waals surface area contributed by atoms with Crippen LogP contribution in [0.1, 0.15) is 23.7 Å². The predicted octanol–water partition coefficient (Wildman–Crippen LogP) is 2.23. The standard InChI is InChI=1S/C16H18F2N4O2/c17-16(18)24-14-4-2-1-3-11(14)8-21-6-5-15-13(9-21)22-12(10-23-15)7-19-20-22/h1-4,7,13,15-16H,5-6,8-10H2/t13-,15-/m1/s1. The van der Waals surface area contributed by atoms with Crippen molar-refractivity contribution < 1.29 is 18.3 Å². The number of alkyl halides is 2. The van der Waals surface area contributed by atoms with Gasteiger partial charge in [0.2, 0.25) is 0 Å².